The summed E-state index contributed by atoms with van der Waals surface area (Å²) in [6.45, 7) is 9.40. The molecule has 0 aliphatic rings. The van der Waals surface area contributed by atoms with Gasteiger partial charge in [-0.15, -0.1) is 6.58 Å². The molecule has 0 aliphatic heterocycles. The highest BCUT2D eigenvalue weighted by Crippen LogP contribution is 2.41. The largest absolute Gasteiger partial charge is 0.496 e. The van der Waals surface area contributed by atoms with Gasteiger partial charge < -0.3 is 15.2 Å². The zero-order valence-electron chi connectivity index (χ0n) is 16.2. The number of para-hydroxylation sites is 1. The molecule has 0 aliphatic carbocycles. The van der Waals surface area contributed by atoms with Crippen molar-refractivity contribution in [1.82, 2.24) is 0 Å². The lowest BCUT2D eigenvalue weighted by Crippen LogP contribution is -2.52. The number of hydrogen-bond acceptors (Lipinski definition) is 4. The third-order valence-electron chi connectivity index (χ3n) is 4.26. The van der Waals surface area contributed by atoms with Crippen LogP contribution in [0.25, 0.3) is 0 Å². The van der Waals surface area contributed by atoms with Crippen LogP contribution in [-0.2, 0) is 15.1 Å². The number of methoxy groups -OCH3 is 1. The summed E-state index contributed by atoms with van der Waals surface area (Å²) in [7, 11) is 1.59. The third-order valence-corrected chi connectivity index (χ3v) is 4.79. The molecular formula is C22H26BrNO3. The van der Waals surface area contributed by atoms with Crippen LogP contribution in [0, 0.1) is 0 Å². The van der Waals surface area contributed by atoms with Gasteiger partial charge >= 0.3 is 5.97 Å². The summed E-state index contributed by atoms with van der Waals surface area (Å²) >= 11 is 3.42. The first kappa shape index (κ1) is 21.2. The van der Waals surface area contributed by atoms with Crippen molar-refractivity contribution in [2.45, 2.75) is 37.8 Å². The molecule has 0 fully saturated rings. The molecule has 27 heavy (non-hydrogen) atoms. The molecule has 0 saturated heterocycles. The van der Waals surface area contributed by atoms with Crippen molar-refractivity contribution in [3.63, 3.8) is 0 Å². The predicted molar refractivity (Wildman–Crippen MR) is 112 cm³/mol. The van der Waals surface area contributed by atoms with Crippen LogP contribution >= 0.6 is 15.9 Å². The maximum Gasteiger partial charge on any atom is 0.332 e. The molecule has 0 heterocycles. The van der Waals surface area contributed by atoms with Crippen LogP contribution in [0.3, 0.4) is 0 Å². The second-order valence-electron chi connectivity index (χ2n) is 7.33. The summed E-state index contributed by atoms with van der Waals surface area (Å²) < 4.78 is 12.1. The Morgan fingerprint density at radius 3 is 2.26 bits per heavy atom. The molecule has 0 saturated carbocycles. The fourth-order valence-electron chi connectivity index (χ4n) is 2.99. The Labute approximate surface area is 169 Å². The molecule has 2 aromatic rings. The van der Waals surface area contributed by atoms with E-state index in [-0.39, 0.29) is 0 Å². The van der Waals surface area contributed by atoms with E-state index in [0.717, 1.165) is 10.0 Å². The van der Waals surface area contributed by atoms with E-state index < -0.39 is 23.0 Å². The minimum atomic E-state index is -1.47. The predicted octanol–water partition coefficient (Wildman–Crippen LogP) is 4.92. The van der Waals surface area contributed by atoms with Crippen LogP contribution in [0.4, 0.5) is 0 Å². The lowest BCUT2D eigenvalue weighted by Gasteiger charge is -2.37. The second kappa shape index (κ2) is 8.28. The number of esters is 1. The zero-order valence-corrected chi connectivity index (χ0v) is 17.7. The summed E-state index contributed by atoms with van der Waals surface area (Å²) in [6, 6.07) is 14.8. The molecule has 2 atom stereocenters. The van der Waals surface area contributed by atoms with Gasteiger partial charge in [0, 0.05) is 16.0 Å². The van der Waals surface area contributed by atoms with Crippen LogP contribution in [-0.4, -0.2) is 18.7 Å². The van der Waals surface area contributed by atoms with E-state index in [4.69, 9.17) is 15.2 Å². The summed E-state index contributed by atoms with van der Waals surface area (Å²) in [4.78, 5) is 13.3. The van der Waals surface area contributed by atoms with E-state index in [1.54, 1.807) is 13.2 Å². The number of carbonyl (C=O) groups is 1. The molecule has 0 aromatic heterocycles. The highest BCUT2D eigenvalue weighted by molar-refractivity contribution is 9.10. The van der Waals surface area contributed by atoms with Crippen molar-refractivity contribution >= 4 is 21.9 Å². The smallest absolute Gasteiger partial charge is 0.332 e. The summed E-state index contributed by atoms with van der Waals surface area (Å²) in [5.74, 6) is -0.435. The number of rotatable bonds is 6. The minimum absolute atomic E-state index is 0.520. The SMILES string of the molecule is C=C[C@@H](c1ccccc1OC)[C@@](N)(C(=O)OC(C)(C)C)c1ccc(Br)cc1. The highest BCUT2D eigenvalue weighted by atomic mass is 79.9. The molecule has 5 heteroatoms. The van der Waals surface area contributed by atoms with Crippen LogP contribution in [0.2, 0.25) is 0 Å². The van der Waals surface area contributed by atoms with E-state index in [9.17, 15) is 4.79 Å². The number of nitrogens with two attached hydrogens (primary N) is 1. The van der Waals surface area contributed by atoms with Crippen LogP contribution in [0.5, 0.6) is 5.75 Å². The van der Waals surface area contributed by atoms with Crippen molar-refractivity contribution in [3.8, 4) is 5.75 Å². The fraction of sp³-hybridized carbons (Fsp3) is 0.318. The van der Waals surface area contributed by atoms with E-state index in [1.165, 1.54) is 0 Å². The number of hydrogen-bond donors (Lipinski definition) is 1. The van der Waals surface area contributed by atoms with Crippen molar-refractivity contribution in [2.75, 3.05) is 7.11 Å². The van der Waals surface area contributed by atoms with Crippen molar-refractivity contribution in [3.05, 3.63) is 76.8 Å². The highest BCUT2D eigenvalue weighted by Gasteiger charge is 2.46. The topological polar surface area (TPSA) is 61.5 Å². The summed E-state index contributed by atoms with van der Waals surface area (Å²) in [6.07, 6.45) is 1.67. The molecule has 0 radical (unpaired) electrons. The van der Waals surface area contributed by atoms with Gasteiger partial charge in [-0.05, 0) is 44.5 Å². The zero-order chi connectivity index (χ0) is 20.2. The minimum Gasteiger partial charge on any atom is -0.496 e. The molecule has 144 valence electrons. The van der Waals surface area contributed by atoms with Gasteiger partial charge in [0.1, 0.15) is 11.4 Å². The van der Waals surface area contributed by atoms with E-state index >= 15 is 0 Å². The lowest BCUT2D eigenvalue weighted by atomic mass is 9.74. The number of carbonyl (C=O) groups excluding carboxylic acids is 1. The molecule has 2 N–H and O–H groups in total. The number of benzene rings is 2. The van der Waals surface area contributed by atoms with Crippen LogP contribution in [0.1, 0.15) is 37.8 Å². The first-order chi connectivity index (χ1) is 12.6. The van der Waals surface area contributed by atoms with Gasteiger partial charge in [0.05, 0.1) is 7.11 Å². The van der Waals surface area contributed by atoms with Gasteiger partial charge in [-0.25, -0.2) is 4.79 Å². The van der Waals surface area contributed by atoms with Crippen molar-refractivity contribution < 1.29 is 14.3 Å². The average molecular weight is 432 g/mol. The molecule has 0 bridgehead atoms. The third kappa shape index (κ3) is 4.60. The molecule has 2 rings (SSSR count). The molecule has 2 aromatic carbocycles. The quantitative estimate of drug-likeness (QED) is 0.520. The monoisotopic (exact) mass is 431 g/mol. The number of halogens is 1. The van der Waals surface area contributed by atoms with Gasteiger partial charge in [0.25, 0.3) is 0 Å². The second-order valence-corrected chi connectivity index (χ2v) is 8.25. The standard InChI is InChI=1S/C22H26BrNO3/c1-6-18(17-9-7-8-10-19(17)26-5)22(24,20(25)27-21(2,3)4)15-11-13-16(23)14-12-15/h6-14,18H,1,24H2,2-5H3/t18-,22+/m0/s1. The Bertz CT molecular complexity index is 811. The average Bonchev–Trinajstić information content (AvgIpc) is 2.61. The van der Waals surface area contributed by atoms with Crippen LogP contribution in [0.15, 0.2) is 65.7 Å². The Morgan fingerprint density at radius 2 is 1.74 bits per heavy atom. The van der Waals surface area contributed by atoms with Gasteiger partial charge in [-0.2, -0.15) is 0 Å². The Kier molecular flexibility index (Phi) is 6.50. The van der Waals surface area contributed by atoms with E-state index in [0.29, 0.717) is 11.3 Å². The fourth-order valence-corrected chi connectivity index (χ4v) is 3.26. The van der Waals surface area contributed by atoms with Crippen LogP contribution < -0.4 is 10.5 Å². The Morgan fingerprint density at radius 1 is 1.15 bits per heavy atom. The molecule has 0 unspecified atom stereocenters. The molecular weight excluding hydrogens is 406 g/mol. The van der Waals surface area contributed by atoms with Crippen molar-refractivity contribution in [2.24, 2.45) is 5.73 Å². The maximum absolute atomic E-state index is 13.3. The molecule has 4 nitrogen and oxygen atoms in total. The van der Waals surface area contributed by atoms with Gasteiger partial charge in [0.15, 0.2) is 5.54 Å². The maximum atomic E-state index is 13.3. The number of ether oxygens (including phenoxy) is 2. The first-order valence-electron chi connectivity index (χ1n) is 8.67. The first-order valence-corrected chi connectivity index (χ1v) is 9.46. The van der Waals surface area contributed by atoms with E-state index in [2.05, 4.69) is 22.5 Å². The van der Waals surface area contributed by atoms with Gasteiger partial charge in [0.2, 0.25) is 0 Å². The Balaban J connectivity index is 2.68. The summed E-state index contributed by atoms with van der Waals surface area (Å²) in [5.41, 5.74) is 6.07. The lowest BCUT2D eigenvalue weighted by molar-refractivity contribution is -0.162. The van der Waals surface area contributed by atoms with E-state index in [1.807, 2.05) is 69.3 Å². The van der Waals surface area contributed by atoms with Crippen molar-refractivity contribution in [1.29, 1.82) is 0 Å². The summed E-state index contributed by atoms with van der Waals surface area (Å²) in [5, 5.41) is 0. The molecule has 0 spiro atoms. The Hall–Kier alpha value is -2.11. The van der Waals surface area contributed by atoms with Gasteiger partial charge in [-0.3, -0.25) is 0 Å². The van der Waals surface area contributed by atoms with Gasteiger partial charge in [-0.1, -0.05) is 52.3 Å². The molecule has 0 amide bonds. The normalized spacial score (nSPS) is 14.7.